The maximum atomic E-state index is 13.6. The molecule has 0 aliphatic heterocycles. The van der Waals surface area contributed by atoms with Gasteiger partial charge in [-0.15, -0.1) is 0 Å². The predicted octanol–water partition coefficient (Wildman–Crippen LogP) is 2.99. The minimum Gasteiger partial charge on any atom is -0.384 e. The van der Waals surface area contributed by atoms with Crippen molar-refractivity contribution in [1.29, 1.82) is 0 Å². The number of anilines is 1. The minimum atomic E-state index is -1.15. The highest BCUT2D eigenvalue weighted by atomic mass is 79.9. The first-order valence-electron chi connectivity index (χ1n) is 9.13. The van der Waals surface area contributed by atoms with Gasteiger partial charge in [-0.05, 0) is 54.0 Å². The number of nitrogen functional groups attached to an aromatic ring is 1. The van der Waals surface area contributed by atoms with Crippen LogP contribution < -0.4 is 11.1 Å². The molecule has 1 aromatic carbocycles. The van der Waals surface area contributed by atoms with Gasteiger partial charge in [-0.2, -0.15) is 9.61 Å². The fourth-order valence-corrected chi connectivity index (χ4v) is 3.76. The van der Waals surface area contributed by atoms with Gasteiger partial charge in [0.25, 0.3) is 0 Å². The lowest BCUT2D eigenvalue weighted by molar-refractivity contribution is -0.129. The van der Waals surface area contributed by atoms with Crippen LogP contribution in [-0.2, 0) is 4.79 Å². The highest BCUT2D eigenvalue weighted by molar-refractivity contribution is 9.10. The summed E-state index contributed by atoms with van der Waals surface area (Å²) in [4.78, 5) is 20.9. The number of hydrogen-bond acceptors (Lipinski definition) is 6. The van der Waals surface area contributed by atoms with Crippen molar-refractivity contribution in [2.45, 2.75) is 26.0 Å². The number of fused-ring (bicyclic) bond motifs is 2. The first kappa shape index (κ1) is 20.2. The average molecular weight is 473 g/mol. The number of amides is 1. The summed E-state index contributed by atoms with van der Waals surface area (Å²) in [7, 11) is 0. The number of benzene rings is 1. The van der Waals surface area contributed by atoms with Gasteiger partial charge >= 0.3 is 0 Å². The van der Waals surface area contributed by atoms with E-state index in [0.717, 1.165) is 0 Å². The van der Waals surface area contributed by atoms with Crippen LogP contribution in [0.4, 0.5) is 10.2 Å². The molecule has 0 radical (unpaired) electrons. The van der Waals surface area contributed by atoms with Gasteiger partial charge < -0.3 is 16.2 Å². The maximum Gasteiger partial charge on any atom is 0.249 e. The third kappa shape index (κ3) is 3.48. The molecule has 0 saturated carbocycles. The summed E-state index contributed by atoms with van der Waals surface area (Å²) in [5, 5.41) is 17.1. The van der Waals surface area contributed by atoms with E-state index in [4.69, 9.17) is 5.73 Å². The van der Waals surface area contributed by atoms with Gasteiger partial charge in [0, 0.05) is 22.7 Å². The van der Waals surface area contributed by atoms with E-state index in [2.05, 4.69) is 36.3 Å². The summed E-state index contributed by atoms with van der Waals surface area (Å²) >= 11 is 3.42. The molecular weight excluding hydrogens is 455 g/mol. The van der Waals surface area contributed by atoms with Crippen LogP contribution >= 0.6 is 15.9 Å². The quantitative estimate of drug-likeness (QED) is 0.420. The van der Waals surface area contributed by atoms with Crippen molar-refractivity contribution in [2.24, 2.45) is 0 Å². The van der Waals surface area contributed by atoms with Crippen LogP contribution in [0.25, 0.3) is 27.7 Å². The Morgan fingerprint density at radius 1 is 1.30 bits per heavy atom. The number of carbonyl (C=O) groups excluding carboxylic acids is 1. The van der Waals surface area contributed by atoms with E-state index in [-0.39, 0.29) is 5.82 Å². The van der Waals surface area contributed by atoms with E-state index < -0.39 is 18.1 Å². The van der Waals surface area contributed by atoms with Gasteiger partial charge in [-0.3, -0.25) is 9.78 Å². The molecule has 4 aromatic rings. The number of halogens is 2. The Morgan fingerprint density at radius 2 is 2.07 bits per heavy atom. The molecule has 4 rings (SSSR count). The lowest BCUT2D eigenvalue weighted by atomic mass is 10.1. The second-order valence-electron chi connectivity index (χ2n) is 6.96. The molecule has 0 spiro atoms. The highest BCUT2D eigenvalue weighted by Crippen LogP contribution is 2.33. The number of carbonyl (C=O) groups is 1. The van der Waals surface area contributed by atoms with Crippen molar-refractivity contribution in [2.75, 3.05) is 5.73 Å². The Morgan fingerprint density at radius 3 is 2.80 bits per heavy atom. The molecule has 0 aliphatic rings. The van der Waals surface area contributed by atoms with Crippen LogP contribution in [0.3, 0.4) is 0 Å². The van der Waals surface area contributed by atoms with Gasteiger partial charge in [0.2, 0.25) is 5.91 Å². The molecule has 4 N–H and O–H groups in total. The smallest absolute Gasteiger partial charge is 0.249 e. The molecule has 0 saturated heterocycles. The van der Waals surface area contributed by atoms with Crippen molar-refractivity contribution in [3.63, 3.8) is 0 Å². The predicted molar refractivity (Wildman–Crippen MR) is 114 cm³/mol. The summed E-state index contributed by atoms with van der Waals surface area (Å²) in [6, 6.07) is 5.66. The Kier molecular flexibility index (Phi) is 5.12. The van der Waals surface area contributed by atoms with Crippen LogP contribution in [0.5, 0.6) is 0 Å². The summed E-state index contributed by atoms with van der Waals surface area (Å²) in [6.45, 7) is 3.12. The highest BCUT2D eigenvalue weighted by Gasteiger charge is 2.22. The first-order valence-corrected chi connectivity index (χ1v) is 9.92. The van der Waals surface area contributed by atoms with Crippen LogP contribution in [0.2, 0.25) is 0 Å². The first-order chi connectivity index (χ1) is 14.3. The van der Waals surface area contributed by atoms with Crippen molar-refractivity contribution >= 4 is 44.2 Å². The molecule has 1 amide bonds. The number of aromatic nitrogens is 4. The summed E-state index contributed by atoms with van der Waals surface area (Å²) in [5.41, 5.74) is 9.20. The van der Waals surface area contributed by atoms with Crippen molar-refractivity contribution in [3.05, 3.63) is 52.6 Å². The lowest BCUT2D eigenvalue weighted by Crippen LogP contribution is -2.35. The summed E-state index contributed by atoms with van der Waals surface area (Å²) < 4.78 is 15.6. The van der Waals surface area contributed by atoms with E-state index in [9.17, 15) is 14.3 Å². The van der Waals surface area contributed by atoms with Crippen LogP contribution in [-0.4, -0.2) is 36.7 Å². The molecule has 154 valence electrons. The fourth-order valence-electron chi connectivity index (χ4n) is 3.16. The standard InChI is InChI=1S/C20H18BrFN6O2/c1-9(26-20(30)10(2)29)17-16(21)18(23)28-19(27-17)14(8-25-28)12-5-11-6-13(22)3-4-15(11)24-7-12/h3-10,29H,23H2,1-2H3,(H,26,30). The van der Waals surface area contributed by atoms with Gasteiger partial charge in [0.05, 0.1) is 27.9 Å². The topological polar surface area (TPSA) is 118 Å². The molecule has 3 heterocycles. The lowest BCUT2D eigenvalue weighted by Gasteiger charge is -2.17. The summed E-state index contributed by atoms with van der Waals surface area (Å²) in [5.74, 6) is -0.569. The molecular formula is C20H18BrFN6O2. The van der Waals surface area contributed by atoms with E-state index in [1.807, 2.05) is 0 Å². The molecule has 2 unspecified atom stereocenters. The minimum absolute atomic E-state index is 0.305. The van der Waals surface area contributed by atoms with Crippen molar-refractivity contribution in [1.82, 2.24) is 24.9 Å². The largest absolute Gasteiger partial charge is 0.384 e. The molecule has 3 aromatic heterocycles. The molecule has 10 heteroatoms. The van der Waals surface area contributed by atoms with E-state index in [1.165, 1.54) is 23.6 Å². The SMILES string of the molecule is CC(O)C(=O)NC(C)c1nc2c(-c3cnc4ccc(F)cc4c3)cnn2c(N)c1Br. The second-order valence-corrected chi connectivity index (χ2v) is 7.75. The zero-order valence-corrected chi connectivity index (χ0v) is 17.7. The number of nitrogens with zero attached hydrogens (tertiary/aromatic N) is 4. The Balaban J connectivity index is 1.84. The number of pyridine rings is 1. The van der Waals surface area contributed by atoms with E-state index in [0.29, 0.717) is 43.7 Å². The van der Waals surface area contributed by atoms with Crippen LogP contribution in [0, 0.1) is 5.82 Å². The van der Waals surface area contributed by atoms with Gasteiger partial charge in [-0.1, -0.05) is 0 Å². The fraction of sp³-hybridized carbons (Fsp3) is 0.200. The van der Waals surface area contributed by atoms with Crippen LogP contribution in [0.1, 0.15) is 25.6 Å². The van der Waals surface area contributed by atoms with Crippen molar-refractivity contribution in [3.8, 4) is 11.1 Å². The monoisotopic (exact) mass is 472 g/mol. The van der Waals surface area contributed by atoms with E-state index >= 15 is 0 Å². The van der Waals surface area contributed by atoms with Crippen LogP contribution in [0.15, 0.2) is 41.1 Å². The van der Waals surface area contributed by atoms with Gasteiger partial charge in [0.15, 0.2) is 5.65 Å². The van der Waals surface area contributed by atoms with Gasteiger partial charge in [0.1, 0.15) is 17.7 Å². The average Bonchev–Trinajstić information content (AvgIpc) is 3.13. The summed E-state index contributed by atoms with van der Waals surface area (Å²) in [6.07, 6.45) is 2.12. The maximum absolute atomic E-state index is 13.6. The number of aliphatic hydroxyl groups is 1. The number of nitrogens with one attached hydrogen (secondary N) is 1. The molecule has 0 bridgehead atoms. The zero-order valence-electron chi connectivity index (χ0n) is 16.1. The molecule has 0 fully saturated rings. The molecule has 8 nitrogen and oxygen atoms in total. The molecule has 2 atom stereocenters. The van der Waals surface area contributed by atoms with Gasteiger partial charge in [-0.25, -0.2) is 9.37 Å². The Labute approximate surface area is 179 Å². The third-order valence-electron chi connectivity index (χ3n) is 4.75. The number of aliphatic hydroxyl groups excluding tert-OH is 1. The zero-order chi connectivity index (χ0) is 21.6. The van der Waals surface area contributed by atoms with E-state index in [1.54, 1.807) is 31.5 Å². The third-order valence-corrected chi connectivity index (χ3v) is 5.56. The molecule has 30 heavy (non-hydrogen) atoms. The number of nitrogens with two attached hydrogens (primary N) is 1. The Bertz CT molecular complexity index is 1290. The number of rotatable bonds is 4. The second kappa shape index (κ2) is 7.62. The molecule has 0 aliphatic carbocycles. The van der Waals surface area contributed by atoms with Crippen molar-refractivity contribution < 1.29 is 14.3 Å². The Hall–Kier alpha value is -3.11. The normalized spacial score (nSPS) is 13.5. The number of hydrogen-bond donors (Lipinski definition) is 3.